The highest BCUT2D eigenvalue weighted by Crippen LogP contribution is 2.29. The van der Waals surface area contributed by atoms with Crippen molar-refractivity contribution in [2.75, 3.05) is 6.61 Å². The number of hydrogen-bond acceptors (Lipinski definition) is 4. The van der Waals surface area contributed by atoms with Crippen molar-refractivity contribution in [3.05, 3.63) is 65.2 Å². The van der Waals surface area contributed by atoms with Crippen LogP contribution in [0.1, 0.15) is 16.7 Å². The lowest BCUT2D eigenvalue weighted by molar-refractivity contribution is -0.147. The second-order valence-corrected chi connectivity index (χ2v) is 4.76. The second-order valence-electron chi connectivity index (χ2n) is 4.76. The maximum absolute atomic E-state index is 12.6. The Hall–Kier alpha value is -3.01. The first-order chi connectivity index (χ1) is 11.4. The van der Waals surface area contributed by atoms with Crippen LogP contribution in [0, 0.1) is 11.3 Å². The molecule has 0 bridgehead atoms. The lowest BCUT2D eigenvalue weighted by atomic mass is 10.1. The summed E-state index contributed by atoms with van der Waals surface area (Å²) in [6.07, 6.45) is -4.45. The molecule has 0 heterocycles. The third-order valence-electron chi connectivity index (χ3n) is 3.01. The number of hydrogen-bond donors (Lipinski definition) is 0. The van der Waals surface area contributed by atoms with Crippen LogP contribution >= 0.6 is 0 Å². The fraction of sp³-hybridized carbons (Fsp3) is 0.176. The number of ether oxygens (including phenoxy) is 2. The van der Waals surface area contributed by atoms with Crippen molar-refractivity contribution < 1.29 is 27.4 Å². The number of halogens is 3. The standard InChI is InChI=1S/C17H12F3NO3/c18-17(19,20)14-6-3-4-12(8-14)10-24-16(22)11-23-15-7-2-1-5-13(15)9-21/h1-8H,10-11H2. The summed E-state index contributed by atoms with van der Waals surface area (Å²) in [5.74, 6) is -0.517. The molecule has 2 rings (SSSR count). The van der Waals surface area contributed by atoms with Gasteiger partial charge in [0.15, 0.2) is 6.61 Å². The number of carbonyl (C=O) groups is 1. The van der Waals surface area contributed by atoms with Crippen molar-refractivity contribution in [3.63, 3.8) is 0 Å². The Bertz CT molecular complexity index is 766. The molecule has 0 unspecified atom stereocenters. The summed E-state index contributed by atoms with van der Waals surface area (Å²) >= 11 is 0. The predicted octanol–water partition coefficient (Wildman–Crippen LogP) is 3.70. The van der Waals surface area contributed by atoms with Gasteiger partial charge in [0.1, 0.15) is 18.4 Å². The second kappa shape index (κ2) is 7.51. The summed E-state index contributed by atoms with van der Waals surface area (Å²) in [5, 5.41) is 8.89. The zero-order chi connectivity index (χ0) is 17.6. The van der Waals surface area contributed by atoms with Gasteiger partial charge in [-0.3, -0.25) is 0 Å². The lowest BCUT2D eigenvalue weighted by Crippen LogP contribution is -2.15. The van der Waals surface area contributed by atoms with E-state index in [9.17, 15) is 18.0 Å². The normalized spacial score (nSPS) is 10.8. The van der Waals surface area contributed by atoms with Crippen LogP contribution in [0.4, 0.5) is 13.2 Å². The van der Waals surface area contributed by atoms with Crippen molar-refractivity contribution in [2.45, 2.75) is 12.8 Å². The Kier molecular flexibility index (Phi) is 5.42. The monoisotopic (exact) mass is 335 g/mol. The van der Waals surface area contributed by atoms with Crippen molar-refractivity contribution in [1.82, 2.24) is 0 Å². The van der Waals surface area contributed by atoms with Gasteiger partial charge in [0.25, 0.3) is 0 Å². The number of nitrogens with zero attached hydrogens (tertiary/aromatic N) is 1. The van der Waals surface area contributed by atoms with E-state index in [-0.39, 0.29) is 23.5 Å². The Morgan fingerprint density at radius 2 is 1.88 bits per heavy atom. The molecule has 0 aliphatic rings. The van der Waals surface area contributed by atoms with Crippen LogP contribution in [0.2, 0.25) is 0 Å². The van der Waals surface area contributed by atoms with Crippen LogP contribution in [-0.4, -0.2) is 12.6 Å². The van der Waals surface area contributed by atoms with Crippen LogP contribution < -0.4 is 4.74 Å². The van der Waals surface area contributed by atoms with Gasteiger partial charge in [0.05, 0.1) is 11.1 Å². The minimum absolute atomic E-state index is 0.218. The molecule has 0 atom stereocenters. The van der Waals surface area contributed by atoms with Crippen molar-refractivity contribution in [2.24, 2.45) is 0 Å². The number of benzene rings is 2. The molecule has 124 valence electrons. The summed E-state index contributed by atoms with van der Waals surface area (Å²) < 4.78 is 47.8. The highest BCUT2D eigenvalue weighted by atomic mass is 19.4. The van der Waals surface area contributed by atoms with Crippen LogP contribution in [0.3, 0.4) is 0 Å². The fourth-order valence-corrected chi connectivity index (χ4v) is 1.86. The number of esters is 1. The molecule has 0 N–H and O–H groups in total. The molecule has 0 amide bonds. The Morgan fingerprint density at radius 1 is 1.12 bits per heavy atom. The first kappa shape index (κ1) is 17.3. The van der Waals surface area contributed by atoms with Gasteiger partial charge in [0.2, 0.25) is 0 Å². The van der Waals surface area contributed by atoms with Gasteiger partial charge < -0.3 is 9.47 Å². The van der Waals surface area contributed by atoms with E-state index in [2.05, 4.69) is 0 Å². The third-order valence-corrected chi connectivity index (χ3v) is 3.01. The van der Waals surface area contributed by atoms with Gasteiger partial charge in [-0.25, -0.2) is 4.79 Å². The quantitative estimate of drug-likeness (QED) is 0.782. The maximum Gasteiger partial charge on any atom is 0.416 e. The molecular weight excluding hydrogens is 323 g/mol. The highest BCUT2D eigenvalue weighted by molar-refractivity contribution is 5.71. The molecule has 0 aliphatic heterocycles. The zero-order valence-electron chi connectivity index (χ0n) is 12.3. The van der Waals surface area contributed by atoms with Crippen molar-refractivity contribution in [3.8, 4) is 11.8 Å². The van der Waals surface area contributed by atoms with Gasteiger partial charge in [-0.1, -0.05) is 24.3 Å². The molecule has 0 spiro atoms. The van der Waals surface area contributed by atoms with Gasteiger partial charge >= 0.3 is 12.1 Å². The van der Waals surface area contributed by atoms with E-state index in [4.69, 9.17) is 14.7 Å². The number of para-hydroxylation sites is 1. The molecule has 0 fully saturated rings. The fourth-order valence-electron chi connectivity index (χ4n) is 1.86. The van der Waals surface area contributed by atoms with E-state index in [0.29, 0.717) is 0 Å². The first-order valence-corrected chi connectivity index (χ1v) is 6.84. The smallest absolute Gasteiger partial charge is 0.416 e. The largest absolute Gasteiger partial charge is 0.481 e. The summed E-state index contributed by atoms with van der Waals surface area (Å²) in [5.41, 5.74) is -0.325. The maximum atomic E-state index is 12.6. The molecule has 24 heavy (non-hydrogen) atoms. The summed E-state index contributed by atoms with van der Waals surface area (Å²) in [7, 11) is 0. The average molecular weight is 335 g/mol. The van der Waals surface area contributed by atoms with Gasteiger partial charge in [0, 0.05) is 0 Å². The minimum atomic E-state index is -4.45. The Balaban J connectivity index is 1.89. The molecule has 2 aromatic carbocycles. The Labute approximate surface area is 136 Å². The molecule has 0 aliphatic carbocycles. The summed E-state index contributed by atoms with van der Waals surface area (Å²) in [6, 6.07) is 12.8. The summed E-state index contributed by atoms with van der Waals surface area (Å²) in [4.78, 5) is 11.6. The number of alkyl halides is 3. The molecule has 4 nitrogen and oxygen atoms in total. The Morgan fingerprint density at radius 3 is 2.58 bits per heavy atom. The average Bonchev–Trinajstić information content (AvgIpc) is 2.58. The summed E-state index contributed by atoms with van der Waals surface area (Å²) in [6.45, 7) is -0.746. The SMILES string of the molecule is N#Cc1ccccc1OCC(=O)OCc1cccc(C(F)(F)F)c1. The lowest BCUT2D eigenvalue weighted by Gasteiger charge is -2.10. The van der Waals surface area contributed by atoms with Gasteiger partial charge in [-0.05, 0) is 29.8 Å². The molecule has 0 radical (unpaired) electrons. The number of nitriles is 1. The highest BCUT2D eigenvalue weighted by Gasteiger charge is 2.30. The van der Waals surface area contributed by atoms with Crippen molar-refractivity contribution in [1.29, 1.82) is 5.26 Å². The molecule has 2 aromatic rings. The van der Waals surface area contributed by atoms with E-state index in [0.717, 1.165) is 12.1 Å². The molecule has 0 saturated heterocycles. The van der Waals surface area contributed by atoms with E-state index in [1.807, 2.05) is 6.07 Å². The van der Waals surface area contributed by atoms with E-state index in [1.54, 1.807) is 12.1 Å². The van der Waals surface area contributed by atoms with Crippen LogP contribution in [0.5, 0.6) is 5.75 Å². The van der Waals surface area contributed by atoms with Gasteiger partial charge in [-0.2, -0.15) is 18.4 Å². The van der Waals surface area contributed by atoms with E-state index < -0.39 is 24.3 Å². The molecular formula is C17H12F3NO3. The number of rotatable bonds is 5. The molecule has 7 heteroatoms. The van der Waals surface area contributed by atoms with Crippen LogP contribution in [0.25, 0.3) is 0 Å². The van der Waals surface area contributed by atoms with Crippen LogP contribution in [-0.2, 0) is 22.3 Å². The third kappa shape index (κ3) is 4.74. The minimum Gasteiger partial charge on any atom is -0.481 e. The van der Waals surface area contributed by atoms with Crippen LogP contribution in [0.15, 0.2) is 48.5 Å². The van der Waals surface area contributed by atoms with Crippen molar-refractivity contribution >= 4 is 5.97 Å². The topological polar surface area (TPSA) is 59.3 Å². The predicted molar refractivity (Wildman–Crippen MR) is 77.9 cm³/mol. The molecule has 0 saturated carbocycles. The zero-order valence-corrected chi connectivity index (χ0v) is 12.3. The first-order valence-electron chi connectivity index (χ1n) is 6.84. The molecule has 0 aromatic heterocycles. The number of carbonyl (C=O) groups excluding carboxylic acids is 1. The van der Waals surface area contributed by atoms with E-state index in [1.165, 1.54) is 24.3 Å². The van der Waals surface area contributed by atoms with E-state index >= 15 is 0 Å². The van der Waals surface area contributed by atoms with Gasteiger partial charge in [-0.15, -0.1) is 0 Å².